The molecular formula is C30H33N3O2. The minimum absolute atomic E-state index is 0.0854. The Bertz CT molecular complexity index is 1360. The minimum Gasteiger partial charge on any atom is -0.494 e. The van der Waals surface area contributed by atoms with Crippen LogP contribution in [0, 0.1) is 20.8 Å². The van der Waals surface area contributed by atoms with E-state index in [1.54, 1.807) is 0 Å². The van der Waals surface area contributed by atoms with Gasteiger partial charge in [0, 0.05) is 31.1 Å². The Morgan fingerprint density at radius 2 is 1.80 bits per heavy atom. The molecule has 0 radical (unpaired) electrons. The standard InChI is InChI=1S/C30H33N3O2/c1-21-9-8-10-25(17-21)33-20-24(19-29(33)34)30-31-27-11-4-5-12-28(27)32(30)15-6-7-16-35-26-14-13-22(2)23(3)18-26/h4-5,8-14,17-18,24H,6-7,15-16,19-20H2,1-3H3. The summed E-state index contributed by atoms with van der Waals surface area (Å²) in [6, 6.07) is 22.7. The third-order valence-electron chi connectivity index (χ3n) is 7.01. The first kappa shape index (κ1) is 23.2. The molecule has 1 aliphatic rings. The number of carbonyl (C=O) groups excluding carboxylic acids is 1. The number of aryl methyl sites for hydroxylation is 4. The summed E-state index contributed by atoms with van der Waals surface area (Å²) in [6.07, 6.45) is 2.44. The number of amides is 1. The lowest BCUT2D eigenvalue weighted by atomic mass is 10.1. The molecule has 1 unspecified atom stereocenters. The Morgan fingerprint density at radius 1 is 0.943 bits per heavy atom. The van der Waals surface area contributed by atoms with E-state index in [9.17, 15) is 4.79 Å². The minimum atomic E-state index is 0.0854. The molecule has 1 aliphatic heterocycles. The smallest absolute Gasteiger partial charge is 0.227 e. The van der Waals surface area contributed by atoms with Crippen molar-refractivity contribution >= 4 is 22.6 Å². The van der Waals surface area contributed by atoms with E-state index < -0.39 is 0 Å². The molecule has 0 spiro atoms. The quantitative estimate of drug-likeness (QED) is 0.284. The summed E-state index contributed by atoms with van der Waals surface area (Å²) in [7, 11) is 0. The van der Waals surface area contributed by atoms with Crippen molar-refractivity contribution in [3.8, 4) is 5.75 Å². The van der Waals surface area contributed by atoms with Gasteiger partial charge in [-0.25, -0.2) is 4.98 Å². The molecular weight excluding hydrogens is 434 g/mol. The molecule has 35 heavy (non-hydrogen) atoms. The van der Waals surface area contributed by atoms with Crippen LogP contribution in [0.1, 0.15) is 47.7 Å². The van der Waals surface area contributed by atoms with Crippen LogP contribution in [0.3, 0.4) is 0 Å². The number of unbranched alkanes of at least 4 members (excludes halogenated alkanes) is 1. The number of hydrogen-bond acceptors (Lipinski definition) is 3. The number of nitrogens with zero attached hydrogens (tertiary/aromatic N) is 3. The topological polar surface area (TPSA) is 47.4 Å². The summed E-state index contributed by atoms with van der Waals surface area (Å²) < 4.78 is 8.31. The Kier molecular flexibility index (Phi) is 6.58. The number of para-hydroxylation sites is 2. The van der Waals surface area contributed by atoms with Gasteiger partial charge in [0.1, 0.15) is 11.6 Å². The average Bonchev–Trinajstić information content (AvgIpc) is 3.41. The van der Waals surface area contributed by atoms with Crippen LogP contribution >= 0.6 is 0 Å². The van der Waals surface area contributed by atoms with E-state index in [4.69, 9.17) is 9.72 Å². The summed E-state index contributed by atoms with van der Waals surface area (Å²) in [5, 5.41) is 0. The lowest BCUT2D eigenvalue weighted by molar-refractivity contribution is -0.117. The lowest BCUT2D eigenvalue weighted by Crippen LogP contribution is -2.24. The number of hydrogen-bond donors (Lipinski definition) is 0. The summed E-state index contributed by atoms with van der Waals surface area (Å²) in [6.45, 7) is 8.51. The predicted molar refractivity (Wildman–Crippen MR) is 141 cm³/mol. The molecule has 1 saturated heterocycles. The number of imidazole rings is 1. The van der Waals surface area contributed by atoms with E-state index in [1.807, 2.05) is 29.2 Å². The number of fused-ring (bicyclic) bond motifs is 1. The third kappa shape index (κ3) is 4.95. The lowest BCUT2D eigenvalue weighted by Gasteiger charge is -2.18. The van der Waals surface area contributed by atoms with E-state index in [0.29, 0.717) is 19.6 Å². The van der Waals surface area contributed by atoms with Crippen LogP contribution in [0.25, 0.3) is 11.0 Å². The second-order valence-corrected chi connectivity index (χ2v) is 9.66. The number of aromatic nitrogens is 2. The normalized spacial score (nSPS) is 15.8. The van der Waals surface area contributed by atoms with Crippen molar-refractivity contribution in [2.45, 2.75) is 52.5 Å². The number of anilines is 1. The maximum absolute atomic E-state index is 12.9. The molecule has 180 valence electrons. The summed E-state index contributed by atoms with van der Waals surface area (Å²) >= 11 is 0. The zero-order chi connectivity index (χ0) is 24.4. The molecule has 0 aliphatic carbocycles. The van der Waals surface area contributed by atoms with Crippen LogP contribution in [0.15, 0.2) is 66.7 Å². The van der Waals surface area contributed by atoms with Crippen molar-refractivity contribution < 1.29 is 9.53 Å². The van der Waals surface area contributed by atoms with Gasteiger partial charge >= 0.3 is 0 Å². The molecule has 1 fully saturated rings. The highest BCUT2D eigenvalue weighted by atomic mass is 16.5. The zero-order valence-electron chi connectivity index (χ0n) is 20.8. The molecule has 5 rings (SSSR count). The summed E-state index contributed by atoms with van der Waals surface area (Å²) in [5.41, 5.74) is 6.80. The van der Waals surface area contributed by atoms with Crippen LogP contribution in [0.5, 0.6) is 5.75 Å². The second-order valence-electron chi connectivity index (χ2n) is 9.66. The van der Waals surface area contributed by atoms with Crippen molar-refractivity contribution in [3.05, 3.63) is 89.2 Å². The fourth-order valence-corrected chi connectivity index (χ4v) is 4.93. The maximum atomic E-state index is 12.9. The Labute approximate surface area is 207 Å². The Balaban J connectivity index is 1.28. The van der Waals surface area contributed by atoms with Crippen molar-refractivity contribution in [3.63, 3.8) is 0 Å². The molecule has 0 bridgehead atoms. The Hall–Kier alpha value is -3.60. The van der Waals surface area contributed by atoms with Crippen molar-refractivity contribution in [1.82, 2.24) is 9.55 Å². The van der Waals surface area contributed by atoms with Gasteiger partial charge < -0.3 is 14.2 Å². The molecule has 0 saturated carbocycles. The predicted octanol–water partition coefficient (Wildman–Crippen LogP) is 6.34. The first-order valence-electron chi connectivity index (χ1n) is 12.5. The van der Waals surface area contributed by atoms with E-state index >= 15 is 0 Å². The zero-order valence-corrected chi connectivity index (χ0v) is 20.8. The van der Waals surface area contributed by atoms with Gasteiger partial charge in [0.25, 0.3) is 0 Å². The van der Waals surface area contributed by atoms with Crippen molar-refractivity contribution in [2.24, 2.45) is 0 Å². The molecule has 4 aromatic rings. The number of benzene rings is 3. The highest BCUT2D eigenvalue weighted by Gasteiger charge is 2.34. The van der Waals surface area contributed by atoms with Gasteiger partial charge in [0.2, 0.25) is 5.91 Å². The molecule has 1 amide bonds. The third-order valence-corrected chi connectivity index (χ3v) is 7.01. The number of carbonyl (C=O) groups is 1. The molecule has 0 N–H and O–H groups in total. The fraction of sp³-hybridized carbons (Fsp3) is 0.333. The maximum Gasteiger partial charge on any atom is 0.227 e. The van der Waals surface area contributed by atoms with Gasteiger partial charge in [-0.3, -0.25) is 4.79 Å². The molecule has 1 atom stereocenters. The van der Waals surface area contributed by atoms with E-state index in [1.165, 1.54) is 11.1 Å². The van der Waals surface area contributed by atoms with Gasteiger partial charge in [-0.2, -0.15) is 0 Å². The molecule has 2 heterocycles. The van der Waals surface area contributed by atoms with Crippen molar-refractivity contribution in [2.75, 3.05) is 18.1 Å². The number of rotatable bonds is 8. The first-order valence-corrected chi connectivity index (χ1v) is 12.5. The first-order chi connectivity index (χ1) is 17.0. The van der Waals surface area contributed by atoms with Gasteiger partial charge in [-0.05, 0) is 86.7 Å². The average molecular weight is 468 g/mol. The SMILES string of the molecule is Cc1cccc(N2CC(c3nc4ccccc4n3CCCCOc3ccc(C)c(C)c3)CC2=O)c1. The van der Waals surface area contributed by atoms with Crippen LogP contribution in [0.2, 0.25) is 0 Å². The molecule has 1 aromatic heterocycles. The van der Waals surface area contributed by atoms with Gasteiger partial charge in [-0.15, -0.1) is 0 Å². The summed E-state index contributed by atoms with van der Waals surface area (Å²) in [5.74, 6) is 2.20. The van der Waals surface area contributed by atoms with Crippen molar-refractivity contribution in [1.29, 1.82) is 0 Å². The van der Waals surface area contributed by atoms with Crippen LogP contribution in [-0.2, 0) is 11.3 Å². The Morgan fingerprint density at radius 3 is 2.63 bits per heavy atom. The molecule has 5 heteroatoms. The van der Waals surface area contributed by atoms with E-state index in [0.717, 1.165) is 53.2 Å². The highest BCUT2D eigenvalue weighted by molar-refractivity contribution is 5.96. The van der Waals surface area contributed by atoms with Crippen LogP contribution < -0.4 is 9.64 Å². The molecule has 3 aromatic carbocycles. The van der Waals surface area contributed by atoms with Crippen LogP contribution in [0.4, 0.5) is 5.69 Å². The number of ether oxygens (including phenoxy) is 1. The van der Waals surface area contributed by atoms with Crippen LogP contribution in [-0.4, -0.2) is 28.6 Å². The van der Waals surface area contributed by atoms with Gasteiger partial charge in [0.05, 0.1) is 17.6 Å². The largest absolute Gasteiger partial charge is 0.494 e. The molecule has 5 nitrogen and oxygen atoms in total. The van der Waals surface area contributed by atoms with Gasteiger partial charge in [-0.1, -0.05) is 30.3 Å². The highest BCUT2D eigenvalue weighted by Crippen LogP contribution is 2.33. The summed E-state index contributed by atoms with van der Waals surface area (Å²) in [4.78, 5) is 19.9. The van der Waals surface area contributed by atoms with E-state index in [-0.39, 0.29) is 11.8 Å². The second kappa shape index (κ2) is 9.95. The van der Waals surface area contributed by atoms with E-state index in [2.05, 4.69) is 67.8 Å². The monoisotopic (exact) mass is 467 g/mol. The fourth-order valence-electron chi connectivity index (χ4n) is 4.93. The van der Waals surface area contributed by atoms with Gasteiger partial charge in [0.15, 0.2) is 0 Å².